The van der Waals surface area contributed by atoms with Crippen LogP contribution < -0.4 is 14.2 Å². The predicted molar refractivity (Wildman–Crippen MR) is 91.1 cm³/mol. The second kappa shape index (κ2) is 6.96. The van der Waals surface area contributed by atoms with Gasteiger partial charge in [-0.1, -0.05) is 0 Å². The molecule has 0 aliphatic carbocycles. The van der Waals surface area contributed by atoms with E-state index in [1.165, 1.54) is 6.26 Å². The summed E-state index contributed by atoms with van der Waals surface area (Å²) in [5, 5.41) is 0. The van der Waals surface area contributed by atoms with Gasteiger partial charge in [-0.2, -0.15) is 0 Å². The minimum absolute atomic E-state index is 0.264. The van der Waals surface area contributed by atoms with E-state index in [0.29, 0.717) is 12.5 Å². The molecule has 0 amide bonds. The lowest BCUT2D eigenvalue weighted by atomic mass is 9.98. The highest BCUT2D eigenvalue weighted by Crippen LogP contribution is 2.40. The van der Waals surface area contributed by atoms with Crippen LogP contribution in [0.25, 0.3) is 0 Å². The van der Waals surface area contributed by atoms with Gasteiger partial charge in [0.05, 0.1) is 10.7 Å². The van der Waals surface area contributed by atoms with Crippen LogP contribution in [-0.2, 0) is 16.6 Å². The molecule has 0 unspecified atom stereocenters. The SMILES string of the molecule is CS(=O)(=O)NC[C@@H]1CCCN(Cc2cc(Br)c3c(c2)OCO3)C1. The molecule has 0 radical (unpaired) electrons. The molecule has 2 heterocycles. The zero-order chi connectivity index (χ0) is 16.4. The minimum Gasteiger partial charge on any atom is -0.454 e. The fraction of sp³-hybridized carbons (Fsp3) is 0.600. The van der Waals surface area contributed by atoms with Gasteiger partial charge in [-0.3, -0.25) is 4.90 Å². The van der Waals surface area contributed by atoms with E-state index in [4.69, 9.17) is 9.47 Å². The van der Waals surface area contributed by atoms with Crippen LogP contribution in [0.3, 0.4) is 0 Å². The van der Waals surface area contributed by atoms with E-state index >= 15 is 0 Å². The van der Waals surface area contributed by atoms with Crippen molar-refractivity contribution < 1.29 is 17.9 Å². The van der Waals surface area contributed by atoms with Crippen molar-refractivity contribution in [2.24, 2.45) is 5.92 Å². The van der Waals surface area contributed by atoms with E-state index in [1.54, 1.807) is 0 Å². The van der Waals surface area contributed by atoms with Crippen molar-refractivity contribution in [3.8, 4) is 11.5 Å². The first kappa shape index (κ1) is 17.0. The maximum absolute atomic E-state index is 11.2. The minimum atomic E-state index is -3.12. The number of benzene rings is 1. The molecule has 6 nitrogen and oxygen atoms in total. The Morgan fingerprint density at radius 2 is 2.22 bits per heavy atom. The van der Waals surface area contributed by atoms with Crippen molar-refractivity contribution in [1.82, 2.24) is 9.62 Å². The van der Waals surface area contributed by atoms with Crippen LogP contribution in [0.4, 0.5) is 0 Å². The zero-order valence-corrected chi connectivity index (χ0v) is 15.5. The Labute approximate surface area is 145 Å². The lowest BCUT2D eigenvalue weighted by Crippen LogP contribution is -2.40. The van der Waals surface area contributed by atoms with Crippen LogP contribution in [0, 0.1) is 5.92 Å². The van der Waals surface area contributed by atoms with E-state index in [0.717, 1.165) is 54.0 Å². The van der Waals surface area contributed by atoms with E-state index in [-0.39, 0.29) is 6.79 Å². The Morgan fingerprint density at radius 1 is 1.39 bits per heavy atom. The van der Waals surface area contributed by atoms with Crippen LogP contribution >= 0.6 is 15.9 Å². The molecule has 8 heteroatoms. The molecule has 1 aromatic carbocycles. The molecule has 2 aliphatic rings. The van der Waals surface area contributed by atoms with Gasteiger partial charge in [0.15, 0.2) is 11.5 Å². The Bertz CT molecular complexity index is 680. The molecule has 1 fully saturated rings. The fourth-order valence-electron chi connectivity index (χ4n) is 3.10. The first-order chi connectivity index (χ1) is 10.9. The third kappa shape index (κ3) is 4.59. The summed E-state index contributed by atoms with van der Waals surface area (Å²) in [5.41, 5.74) is 1.16. The molecule has 1 aromatic rings. The molecular weight excluding hydrogens is 384 g/mol. The molecule has 0 bridgehead atoms. The average Bonchev–Trinajstić information content (AvgIpc) is 2.94. The molecule has 3 rings (SSSR count). The van der Waals surface area contributed by atoms with Gasteiger partial charge in [-0.25, -0.2) is 13.1 Å². The second-order valence-corrected chi connectivity index (χ2v) is 8.86. The van der Waals surface area contributed by atoms with Gasteiger partial charge in [0.1, 0.15) is 0 Å². The molecule has 23 heavy (non-hydrogen) atoms. The largest absolute Gasteiger partial charge is 0.454 e. The number of rotatable bonds is 5. The first-order valence-electron chi connectivity index (χ1n) is 7.66. The second-order valence-electron chi connectivity index (χ2n) is 6.18. The Morgan fingerprint density at radius 3 is 3.00 bits per heavy atom. The van der Waals surface area contributed by atoms with E-state index < -0.39 is 10.0 Å². The highest BCUT2D eigenvalue weighted by atomic mass is 79.9. The Balaban J connectivity index is 1.61. The number of halogens is 1. The standard InChI is InChI=1S/C15H21BrN2O4S/c1-23(19,20)17-7-11-3-2-4-18(8-11)9-12-5-13(16)15-14(6-12)21-10-22-15/h5-6,11,17H,2-4,7-10H2,1H3/t11-/m0/s1. The molecule has 1 atom stereocenters. The lowest BCUT2D eigenvalue weighted by molar-refractivity contribution is 0.168. The number of ether oxygens (including phenoxy) is 2. The van der Waals surface area contributed by atoms with Gasteiger partial charge in [-0.15, -0.1) is 0 Å². The summed E-state index contributed by atoms with van der Waals surface area (Å²) >= 11 is 3.52. The average molecular weight is 405 g/mol. The number of hydrogen-bond donors (Lipinski definition) is 1. The molecule has 0 saturated carbocycles. The molecule has 2 aliphatic heterocycles. The molecule has 1 N–H and O–H groups in total. The van der Waals surface area contributed by atoms with Crippen LogP contribution in [0.1, 0.15) is 18.4 Å². The smallest absolute Gasteiger partial charge is 0.231 e. The summed E-state index contributed by atoms with van der Waals surface area (Å²) in [6.45, 7) is 3.53. The lowest BCUT2D eigenvalue weighted by Gasteiger charge is -2.32. The third-order valence-electron chi connectivity index (χ3n) is 4.13. The van der Waals surface area contributed by atoms with Gasteiger partial charge < -0.3 is 9.47 Å². The summed E-state index contributed by atoms with van der Waals surface area (Å²) in [4.78, 5) is 2.36. The van der Waals surface area contributed by atoms with Crippen molar-refractivity contribution in [2.75, 3.05) is 32.7 Å². The molecule has 0 aromatic heterocycles. The molecule has 128 valence electrons. The van der Waals surface area contributed by atoms with E-state index in [2.05, 4.69) is 31.6 Å². The zero-order valence-electron chi connectivity index (χ0n) is 13.0. The maximum Gasteiger partial charge on any atom is 0.231 e. The van der Waals surface area contributed by atoms with Gasteiger partial charge in [-0.05, 0) is 58.9 Å². The summed E-state index contributed by atoms with van der Waals surface area (Å²) in [7, 11) is -3.12. The molecule has 0 spiro atoms. The molecule has 1 saturated heterocycles. The van der Waals surface area contributed by atoms with Crippen LogP contribution in [-0.4, -0.2) is 46.0 Å². The summed E-state index contributed by atoms with van der Waals surface area (Å²) in [6, 6.07) is 4.08. The van der Waals surface area contributed by atoms with E-state index in [9.17, 15) is 8.42 Å². The van der Waals surface area contributed by atoms with E-state index in [1.807, 2.05) is 6.07 Å². The Hall–Kier alpha value is -0.830. The number of hydrogen-bond acceptors (Lipinski definition) is 5. The van der Waals surface area contributed by atoms with Gasteiger partial charge in [0.25, 0.3) is 0 Å². The fourth-order valence-corrected chi connectivity index (χ4v) is 4.24. The Kier molecular flexibility index (Phi) is 5.15. The van der Waals surface area contributed by atoms with Crippen molar-refractivity contribution >= 4 is 26.0 Å². The van der Waals surface area contributed by atoms with Crippen molar-refractivity contribution in [1.29, 1.82) is 0 Å². The van der Waals surface area contributed by atoms with Crippen LogP contribution in [0.5, 0.6) is 11.5 Å². The number of fused-ring (bicyclic) bond motifs is 1. The topological polar surface area (TPSA) is 67.9 Å². The highest BCUT2D eigenvalue weighted by Gasteiger charge is 2.23. The number of sulfonamides is 1. The predicted octanol–water partition coefficient (Wildman–Crippen LogP) is 1.94. The highest BCUT2D eigenvalue weighted by molar-refractivity contribution is 9.10. The quantitative estimate of drug-likeness (QED) is 0.811. The summed E-state index contributed by atoms with van der Waals surface area (Å²) in [5.74, 6) is 1.90. The first-order valence-corrected chi connectivity index (χ1v) is 10.3. The monoisotopic (exact) mass is 404 g/mol. The van der Waals surface area contributed by atoms with Crippen LogP contribution in [0.15, 0.2) is 16.6 Å². The van der Waals surface area contributed by atoms with Crippen LogP contribution in [0.2, 0.25) is 0 Å². The van der Waals surface area contributed by atoms with Crippen molar-refractivity contribution in [3.05, 3.63) is 22.2 Å². The third-order valence-corrected chi connectivity index (χ3v) is 5.41. The van der Waals surface area contributed by atoms with Crippen molar-refractivity contribution in [2.45, 2.75) is 19.4 Å². The summed E-state index contributed by atoms with van der Waals surface area (Å²) in [6.07, 6.45) is 3.35. The number of piperidine rings is 1. The molecular formula is C15H21BrN2O4S. The number of likely N-dealkylation sites (tertiary alicyclic amines) is 1. The maximum atomic E-state index is 11.2. The number of nitrogens with one attached hydrogen (secondary N) is 1. The normalized spacial score (nSPS) is 21.6. The number of nitrogens with zero attached hydrogens (tertiary/aromatic N) is 1. The summed E-state index contributed by atoms with van der Waals surface area (Å²) < 4.78 is 36.9. The van der Waals surface area contributed by atoms with Crippen molar-refractivity contribution in [3.63, 3.8) is 0 Å². The van der Waals surface area contributed by atoms with Gasteiger partial charge >= 0.3 is 0 Å². The van der Waals surface area contributed by atoms with Gasteiger partial charge in [0.2, 0.25) is 16.8 Å². The van der Waals surface area contributed by atoms with Gasteiger partial charge in [0, 0.05) is 19.6 Å².